The standard InChI is InChI=1S/C8H11N2P/c1-11-7-4-2-6(3-5-7)8(9)10/h2-5,11H,1H3,(H3,9,10). The third kappa shape index (κ3) is 2.02. The monoisotopic (exact) mass is 166 g/mol. The summed E-state index contributed by atoms with van der Waals surface area (Å²) in [5.74, 6) is 0.135. The number of rotatable bonds is 2. The molecule has 0 aromatic heterocycles. The molecule has 0 amide bonds. The zero-order chi connectivity index (χ0) is 8.27. The highest BCUT2D eigenvalue weighted by Crippen LogP contribution is 2.04. The summed E-state index contributed by atoms with van der Waals surface area (Å²) in [7, 11) is 0.809. The molecule has 11 heavy (non-hydrogen) atoms. The smallest absolute Gasteiger partial charge is 0.122 e. The molecular weight excluding hydrogens is 155 g/mol. The lowest BCUT2D eigenvalue weighted by molar-refractivity contribution is 1.43. The van der Waals surface area contributed by atoms with Gasteiger partial charge in [0.1, 0.15) is 5.84 Å². The van der Waals surface area contributed by atoms with Crippen LogP contribution in [0, 0.1) is 5.41 Å². The van der Waals surface area contributed by atoms with Crippen molar-refractivity contribution in [2.45, 2.75) is 0 Å². The van der Waals surface area contributed by atoms with E-state index in [0.29, 0.717) is 0 Å². The number of hydrogen-bond acceptors (Lipinski definition) is 1. The highest BCUT2D eigenvalue weighted by atomic mass is 31.1. The maximum absolute atomic E-state index is 7.14. The number of nitrogens with one attached hydrogen (secondary N) is 1. The summed E-state index contributed by atoms with van der Waals surface area (Å²) in [4.78, 5) is 0. The Labute approximate surface area is 68.1 Å². The molecule has 2 nitrogen and oxygen atoms in total. The van der Waals surface area contributed by atoms with E-state index in [2.05, 4.69) is 6.66 Å². The normalized spacial score (nSPS) is 10.6. The minimum Gasteiger partial charge on any atom is -0.384 e. The molecule has 0 spiro atoms. The van der Waals surface area contributed by atoms with E-state index in [0.717, 1.165) is 14.1 Å². The van der Waals surface area contributed by atoms with Crippen molar-refractivity contribution in [3.8, 4) is 0 Å². The van der Waals surface area contributed by atoms with Gasteiger partial charge in [0.15, 0.2) is 0 Å². The Balaban J connectivity index is 2.91. The van der Waals surface area contributed by atoms with Crippen molar-refractivity contribution in [2.24, 2.45) is 5.73 Å². The number of nitrogen functional groups attached to an aromatic ring is 1. The van der Waals surface area contributed by atoms with Crippen LogP contribution in [0.15, 0.2) is 24.3 Å². The zero-order valence-corrected chi connectivity index (χ0v) is 7.39. The lowest BCUT2D eigenvalue weighted by Gasteiger charge is -1.98. The Hall–Kier alpha value is -0.880. The van der Waals surface area contributed by atoms with Crippen molar-refractivity contribution < 1.29 is 0 Å². The summed E-state index contributed by atoms with van der Waals surface area (Å²) >= 11 is 0. The highest BCUT2D eigenvalue weighted by Gasteiger charge is 1.93. The van der Waals surface area contributed by atoms with Gasteiger partial charge in [-0.1, -0.05) is 32.8 Å². The first-order valence-electron chi connectivity index (χ1n) is 3.36. The average Bonchev–Trinajstić information content (AvgIpc) is 2.05. The second-order valence-corrected chi connectivity index (χ2v) is 3.32. The number of benzene rings is 1. The van der Waals surface area contributed by atoms with Crippen LogP contribution >= 0.6 is 8.58 Å². The quantitative estimate of drug-likeness (QED) is 0.383. The molecule has 0 radical (unpaired) electrons. The molecule has 1 rings (SSSR count). The van der Waals surface area contributed by atoms with E-state index in [1.54, 1.807) is 0 Å². The van der Waals surface area contributed by atoms with Crippen LogP contribution < -0.4 is 11.0 Å². The maximum atomic E-state index is 7.14. The van der Waals surface area contributed by atoms with E-state index in [9.17, 15) is 0 Å². The van der Waals surface area contributed by atoms with Crippen LogP contribution in [0.4, 0.5) is 0 Å². The van der Waals surface area contributed by atoms with Crippen molar-refractivity contribution >= 4 is 19.7 Å². The first kappa shape index (κ1) is 8.22. The second-order valence-electron chi connectivity index (χ2n) is 2.24. The van der Waals surface area contributed by atoms with E-state index in [4.69, 9.17) is 11.1 Å². The molecule has 1 aromatic rings. The van der Waals surface area contributed by atoms with Crippen LogP contribution in [0.1, 0.15) is 5.56 Å². The average molecular weight is 166 g/mol. The second kappa shape index (κ2) is 3.49. The third-order valence-corrected chi connectivity index (χ3v) is 2.40. The number of amidine groups is 1. The van der Waals surface area contributed by atoms with Crippen LogP contribution in [0.2, 0.25) is 0 Å². The maximum Gasteiger partial charge on any atom is 0.122 e. The molecule has 1 aromatic carbocycles. The van der Waals surface area contributed by atoms with E-state index in [1.165, 1.54) is 5.30 Å². The van der Waals surface area contributed by atoms with Crippen molar-refractivity contribution in [2.75, 3.05) is 6.66 Å². The van der Waals surface area contributed by atoms with Crippen LogP contribution in [-0.2, 0) is 0 Å². The van der Waals surface area contributed by atoms with Gasteiger partial charge in [0, 0.05) is 5.56 Å². The molecule has 0 aliphatic heterocycles. The summed E-state index contributed by atoms with van der Waals surface area (Å²) < 4.78 is 0. The Morgan fingerprint density at radius 1 is 1.36 bits per heavy atom. The Morgan fingerprint density at radius 2 is 1.91 bits per heavy atom. The van der Waals surface area contributed by atoms with Crippen LogP contribution in [0.25, 0.3) is 0 Å². The van der Waals surface area contributed by atoms with Crippen molar-refractivity contribution in [3.05, 3.63) is 29.8 Å². The molecule has 1 unspecified atom stereocenters. The molecule has 3 heteroatoms. The molecule has 0 heterocycles. The SMILES string of the molecule is CPc1ccc(C(=N)N)cc1. The van der Waals surface area contributed by atoms with Gasteiger partial charge in [0.2, 0.25) is 0 Å². The summed E-state index contributed by atoms with van der Waals surface area (Å²) in [6.07, 6.45) is 0. The Morgan fingerprint density at radius 3 is 2.27 bits per heavy atom. The van der Waals surface area contributed by atoms with Gasteiger partial charge >= 0.3 is 0 Å². The lowest BCUT2D eigenvalue weighted by Crippen LogP contribution is -2.11. The van der Waals surface area contributed by atoms with Gasteiger partial charge in [-0.2, -0.15) is 0 Å². The van der Waals surface area contributed by atoms with E-state index < -0.39 is 0 Å². The molecule has 58 valence electrons. The van der Waals surface area contributed by atoms with Crippen LogP contribution in [-0.4, -0.2) is 12.5 Å². The molecule has 3 N–H and O–H groups in total. The summed E-state index contributed by atoms with van der Waals surface area (Å²) in [6.45, 7) is 2.13. The van der Waals surface area contributed by atoms with Crippen LogP contribution in [0.3, 0.4) is 0 Å². The van der Waals surface area contributed by atoms with E-state index in [-0.39, 0.29) is 5.84 Å². The Kier molecular flexibility index (Phi) is 2.61. The first-order chi connectivity index (χ1) is 5.24. The van der Waals surface area contributed by atoms with Crippen LogP contribution in [0.5, 0.6) is 0 Å². The third-order valence-electron chi connectivity index (χ3n) is 1.48. The van der Waals surface area contributed by atoms with Gasteiger partial charge in [0.05, 0.1) is 0 Å². The molecule has 0 saturated heterocycles. The molecule has 0 bridgehead atoms. The van der Waals surface area contributed by atoms with Gasteiger partial charge in [0.25, 0.3) is 0 Å². The van der Waals surface area contributed by atoms with Gasteiger partial charge in [-0.3, -0.25) is 5.41 Å². The molecule has 1 atom stereocenters. The summed E-state index contributed by atoms with van der Waals surface area (Å²) in [6, 6.07) is 7.78. The molecule has 0 saturated carbocycles. The molecule has 0 aliphatic rings. The molecular formula is C8H11N2P. The van der Waals surface area contributed by atoms with Crippen molar-refractivity contribution in [1.82, 2.24) is 0 Å². The fraction of sp³-hybridized carbons (Fsp3) is 0.125. The van der Waals surface area contributed by atoms with Crippen molar-refractivity contribution in [3.63, 3.8) is 0 Å². The minimum absolute atomic E-state index is 0.135. The molecule has 0 aliphatic carbocycles. The van der Waals surface area contributed by atoms with Gasteiger partial charge in [-0.25, -0.2) is 0 Å². The predicted octanol–water partition coefficient (Wildman–Crippen LogP) is 0.904. The van der Waals surface area contributed by atoms with Gasteiger partial charge in [-0.15, -0.1) is 0 Å². The van der Waals surface area contributed by atoms with Crippen molar-refractivity contribution in [1.29, 1.82) is 5.41 Å². The number of hydrogen-bond donors (Lipinski definition) is 2. The predicted molar refractivity (Wildman–Crippen MR) is 51.3 cm³/mol. The largest absolute Gasteiger partial charge is 0.384 e. The Bertz CT molecular complexity index is 253. The lowest BCUT2D eigenvalue weighted by atomic mass is 10.2. The summed E-state index contributed by atoms with van der Waals surface area (Å²) in [5.41, 5.74) is 6.09. The zero-order valence-electron chi connectivity index (χ0n) is 6.39. The minimum atomic E-state index is 0.135. The van der Waals surface area contributed by atoms with Gasteiger partial charge in [-0.05, 0) is 12.0 Å². The highest BCUT2D eigenvalue weighted by molar-refractivity contribution is 7.46. The fourth-order valence-corrected chi connectivity index (χ4v) is 1.32. The number of nitrogens with two attached hydrogens (primary N) is 1. The first-order valence-corrected chi connectivity index (χ1v) is 4.86. The van der Waals surface area contributed by atoms with E-state index in [1.807, 2.05) is 24.3 Å². The van der Waals surface area contributed by atoms with E-state index >= 15 is 0 Å². The summed E-state index contributed by atoms with van der Waals surface area (Å²) in [5, 5.41) is 8.44. The van der Waals surface area contributed by atoms with Gasteiger partial charge < -0.3 is 5.73 Å². The molecule has 0 fully saturated rings. The topological polar surface area (TPSA) is 49.9 Å². The fourth-order valence-electron chi connectivity index (χ4n) is 0.816.